The van der Waals surface area contributed by atoms with Crippen LogP contribution >= 0.6 is 11.6 Å². The van der Waals surface area contributed by atoms with Gasteiger partial charge >= 0.3 is 0 Å². The van der Waals surface area contributed by atoms with Gasteiger partial charge in [0.15, 0.2) is 0 Å². The van der Waals surface area contributed by atoms with E-state index in [9.17, 15) is 5.11 Å². The maximum absolute atomic E-state index is 9.68. The van der Waals surface area contributed by atoms with Gasteiger partial charge in [0.05, 0.1) is 6.10 Å². The van der Waals surface area contributed by atoms with Crippen molar-refractivity contribution in [2.75, 3.05) is 0 Å². The maximum atomic E-state index is 9.68. The van der Waals surface area contributed by atoms with E-state index in [1.54, 1.807) is 12.1 Å². The Balaban J connectivity index is 2.94. The van der Waals surface area contributed by atoms with Crippen molar-refractivity contribution in [2.24, 2.45) is 0 Å². The van der Waals surface area contributed by atoms with Gasteiger partial charge in [0.1, 0.15) is 0 Å². The number of benzene rings is 1. The predicted octanol–water partition coefficient (Wildman–Crippen LogP) is 3.26. The highest BCUT2D eigenvalue weighted by molar-refractivity contribution is 6.30. The Kier molecular flexibility index (Phi) is 3.52. The number of aliphatic hydroxyl groups excluding tert-OH is 1. The molecule has 1 atom stereocenters. The van der Waals surface area contributed by atoms with Gasteiger partial charge in [-0.3, -0.25) is 0 Å². The number of hydrogen-bond donors (Lipinski definition) is 1. The van der Waals surface area contributed by atoms with Gasteiger partial charge in [-0.1, -0.05) is 23.7 Å². The predicted molar refractivity (Wildman–Crippen MR) is 56.0 cm³/mol. The van der Waals surface area contributed by atoms with Gasteiger partial charge in [0, 0.05) is 5.02 Å². The molecule has 0 aromatic heterocycles. The molecule has 13 heavy (non-hydrogen) atoms. The lowest BCUT2D eigenvalue weighted by molar-refractivity contribution is 0.181. The highest BCUT2D eigenvalue weighted by Gasteiger charge is 2.08. The second-order valence-corrected chi connectivity index (χ2v) is 3.48. The van der Waals surface area contributed by atoms with Crippen molar-refractivity contribution in [1.82, 2.24) is 0 Å². The van der Waals surface area contributed by atoms with Gasteiger partial charge in [-0.2, -0.15) is 0 Å². The van der Waals surface area contributed by atoms with Crippen molar-refractivity contribution in [3.05, 3.63) is 47.0 Å². The number of hydrogen-bond acceptors (Lipinski definition) is 1. The molecule has 1 rings (SSSR count). The van der Waals surface area contributed by atoms with Crippen LogP contribution in [0.2, 0.25) is 5.02 Å². The molecule has 0 aliphatic rings. The van der Waals surface area contributed by atoms with Crippen molar-refractivity contribution in [3.63, 3.8) is 0 Å². The van der Waals surface area contributed by atoms with E-state index >= 15 is 0 Å². The van der Waals surface area contributed by atoms with Crippen LogP contribution in [0.4, 0.5) is 0 Å². The van der Waals surface area contributed by atoms with Gasteiger partial charge < -0.3 is 5.11 Å². The smallest absolute Gasteiger partial charge is 0.0826 e. The summed E-state index contributed by atoms with van der Waals surface area (Å²) >= 11 is 5.80. The molecule has 0 amide bonds. The molecular weight excluding hydrogens is 184 g/mol. The first-order valence-corrected chi connectivity index (χ1v) is 4.58. The van der Waals surface area contributed by atoms with Crippen LogP contribution < -0.4 is 0 Å². The molecule has 1 unspecified atom stereocenters. The SMILES string of the molecule is C=CCC(O)c1ccc(Cl)cc1C. The van der Waals surface area contributed by atoms with E-state index in [2.05, 4.69) is 6.58 Å². The lowest BCUT2D eigenvalue weighted by Crippen LogP contribution is -1.98. The third-order valence-corrected chi connectivity index (χ3v) is 2.22. The summed E-state index contributed by atoms with van der Waals surface area (Å²) in [6, 6.07) is 5.49. The second kappa shape index (κ2) is 4.45. The highest BCUT2D eigenvalue weighted by Crippen LogP contribution is 2.23. The van der Waals surface area contributed by atoms with Crippen molar-refractivity contribution >= 4 is 11.6 Å². The molecule has 0 heterocycles. The van der Waals surface area contributed by atoms with Gasteiger partial charge in [0.25, 0.3) is 0 Å². The molecule has 2 heteroatoms. The van der Waals surface area contributed by atoms with E-state index in [-0.39, 0.29) is 0 Å². The summed E-state index contributed by atoms with van der Waals surface area (Å²) in [5, 5.41) is 10.4. The third kappa shape index (κ3) is 2.58. The second-order valence-electron chi connectivity index (χ2n) is 3.04. The van der Waals surface area contributed by atoms with Crippen LogP contribution in [0.3, 0.4) is 0 Å². The maximum Gasteiger partial charge on any atom is 0.0826 e. The van der Waals surface area contributed by atoms with Crippen molar-refractivity contribution in [3.8, 4) is 0 Å². The first kappa shape index (κ1) is 10.3. The number of rotatable bonds is 3. The first-order valence-electron chi connectivity index (χ1n) is 4.20. The van der Waals surface area contributed by atoms with E-state index in [0.29, 0.717) is 11.4 Å². The van der Waals surface area contributed by atoms with Gasteiger partial charge in [0.2, 0.25) is 0 Å². The summed E-state index contributed by atoms with van der Waals surface area (Å²) < 4.78 is 0. The molecule has 0 fully saturated rings. The van der Waals surface area contributed by atoms with Gasteiger partial charge in [-0.05, 0) is 36.6 Å². The topological polar surface area (TPSA) is 20.2 Å². The monoisotopic (exact) mass is 196 g/mol. The van der Waals surface area contributed by atoms with Crippen LogP contribution in [-0.4, -0.2) is 5.11 Å². The lowest BCUT2D eigenvalue weighted by atomic mass is 10.0. The van der Waals surface area contributed by atoms with E-state index in [1.807, 2.05) is 19.1 Å². The first-order chi connectivity index (χ1) is 6.15. The summed E-state index contributed by atoms with van der Waals surface area (Å²) in [4.78, 5) is 0. The summed E-state index contributed by atoms with van der Waals surface area (Å²) in [5.74, 6) is 0. The summed E-state index contributed by atoms with van der Waals surface area (Å²) in [6.07, 6.45) is 1.82. The van der Waals surface area contributed by atoms with E-state index in [1.165, 1.54) is 0 Å². The van der Waals surface area contributed by atoms with Crippen LogP contribution in [0.5, 0.6) is 0 Å². The van der Waals surface area contributed by atoms with Crippen LogP contribution in [0.1, 0.15) is 23.7 Å². The average molecular weight is 197 g/mol. The zero-order valence-corrected chi connectivity index (χ0v) is 8.38. The summed E-state index contributed by atoms with van der Waals surface area (Å²) in [7, 11) is 0. The van der Waals surface area contributed by atoms with Crippen LogP contribution in [0.25, 0.3) is 0 Å². The number of halogens is 1. The Morgan fingerprint density at radius 2 is 2.31 bits per heavy atom. The molecule has 0 aliphatic heterocycles. The van der Waals surface area contributed by atoms with Gasteiger partial charge in [-0.25, -0.2) is 0 Å². The molecule has 0 saturated heterocycles. The Morgan fingerprint density at radius 1 is 1.62 bits per heavy atom. The Labute approximate surface area is 83.7 Å². The Bertz CT molecular complexity index is 307. The van der Waals surface area contributed by atoms with E-state index in [4.69, 9.17) is 11.6 Å². The summed E-state index contributed by atoms with van der Waals surface area (Å²) in [6.45, 7) is 5.53. The fraction of sp³-hybridized carbons (Fsp3) is 0.273. The molecule has 70 valence electrons. The number of aryl methyl sites for hydroxylation is 1. The van der Waals surface area contributed by atoms with Crippen LogP contribution in [0.15, 0.2) is 30.9 Å². The van der Waals surface area contributed by atoms with Crippen LogP contribution in [0, 0.1) is 6.92 Å². The molecule has 1 aromatic rings. The van der Waals surface area contributed by atoms with Crippen molar-refractivity contribution in [2.45, 2.75) is 19.4 Å². The van der Waals surface area contributed by atoms with Gasteiger partial charge in [-0.15, -0.1) is 6.58 Å². The minimum atomic E-state index is -0.463. The molecule has 0 spiro atoms. The van der Waals surface area contributed by atoms with Crippen molar-refractivity contribution < 1.29 is 5.11 Å². The van der Waals surface area contributed by atoms with Crippen molar-refractivity contribution in [1.29, 1.82) is 0 Å². The zero-order chi connectivity index (χ0) is 9.84. The Morgan fingerprint density at radius 3 is 2.85 bits per heavy atom. The molecule has 0 bridgehead atoms. The average Bonchev–Trinajstić information content (AvgIpc) is 2.04. The molecule has 1 N–H and O–H groups in total. The third-order valence-electron chi connectivity index (χ3n) is 1.98. The minimum absolute atomic E-state index is 0.463. The fourth-order valence-electron chi connectivity index (χ4n) is 1.30. The Hall–Kier alpha value is -0.790. The molecule has 0 saturated carbocycles. The molecule has 0 radical (unpaired) electrons. The zero-order valence-electron chi connectivity index (χ0n) is 7.63. The van der Waals surface area contributed by atoms with E-state index in [0.717, 1.165) is 11.1 Å². The fourth-order valence-corrected chi connectivity index (χ4v) is 1.52. The quantitative estimate of drug-likeness (QED) is 0.736. The summed E-state index contributed by atoms with van der Waals surface area (Å²) in [5.41, 5.74) is 1.94. The molecule has 1 nitrogen and oxygen atoms in total. The minimum Gasteiger partial charge on any atom is -0.388 e. The molecular formula is C11H13ClO. The molecule has 0 aliphatic carbocycles. The number of aliphatic hydroxyl groups is 1. The molecule has 1 aromatic carbocycles. The van der Waals surface area contributed by atoms with E-state index < -0.39 is 6.10 Å². The van der Waals surface area contributed by atoms with Crippen LogP contribution in [-0.2, 0) is 0 Å². The normalized spacial score (nSPS) is 12.5. The highest BCUT2D eigenvalue weighted by atomic mass is 35.5. The largest absolute Gasteiger partial charge is 0.388 e. The standard InChI is InChI=1S/C11H13ClO/c1-3-4-11(13)10-6-5-9(12)7-8(10)2/h3,5-7,11,13H,1,4H2,2H3. The lowest BCUT2D eigenvalue weighted by Gasteiger charge is -2.11.